The average Bonchev–Trinajstić information content (AvgIpc) is 3.26. The monoisotopic (exact) mass is 507 g/mol. The number of aromatic nitrogens is 1. The van der Waals surface area contributed by atoms with Crippen LogP contribution in [0.4, 0.5) is 5.13 Å². The fraction of sp³-hybridized carbons (Fsp3) is 0.522. The summed E-state index contributed by atoms with van der Waals surface area (Å²) < 4.78 is 25.0. The van der Waals surface area contributed by atoms with E-state index in [1.54, 1.807) is 0 Å². The van der Waals surface area contributed by atoms with Crippen LogP contribution in [0.15, 0.2) is 35.7 Å². The van der Waals surface area contributed by atoms with E-state index in [9.17, 15) is 18.0 Å². The Labute approximate surface area is 205 Å². The van der Waals surface area contributed by atoms with Gasteiger partial charge in [0.1, 0.15) is 6.04 Å². The number of anilines is 1. The van der Waals surface area contributed by atoms with Crippen LogP contribution >= 0.6 is 11.3 Å². The molecule has 1 saturated heterocycles. The third-order valence-corrected chi connectivity index (χ3v) is 7.28. The number of likely N-dealkylation sites (N-methyl/N-ethyl adjacent to an activating group) is 1. The number of sulfonamides is 1. The lowest BCUT2D eigenvalue weighted by atomic mass is 10.0. The van der Waals surface area contributed by atoms with E-state index in [0.29, 0.717) is 30.9 Å². The summed E-state index contributed by atoms with van der Waals surface area (Å²) in [5, 5.41) is 8.12. The molecule has 2 aromatic rings. The van der Waals surface area contributed by atoms with E-state index in [1.165, 1.54) is 11.3 Å². The molecule has 2 heterocycles. The largest absolute Gasteiger partial charge is 0.343 e. The van der Waals surface area contributed by atoms with Crippen molar-refractivity contribution in [3.8, 4) is 11.3 Å². The Kier molecular flexibility index (Phi) is 9.57. The maximum Gasteiger partial charge on any atom is 0.248 e. The van der Waals surface area contributed by atoms with Crippen LogP contribution in [0.3, 0.4) is 0 Å². The van der Waals surface area contributed by atoms with Gasteiger partial charge in [0.25, 0.3) is 0 Å². The molecular formula is C23H33N5O4S2. The van der Waals surface area contributed by atoms with E-state index in [4.69, 9.17) is 0 Å². The molecule has 1 aliphatic heterocycles. The Balaban J connectivity index is 1.63. The topological polar surface area (TPSA) is 121 Å². The molecule has 11 heteroatoms. The summed E-state index contributed by atoms with van der Waals surface area (Å²) in [6.45, 7) is 1.15. The first kappa shape index (κ1) is 26.3. The van der Waals surface area contributed by atoms with Gasteiger partial charge in [0, 0.05) is 17.5 Å². The smallest absolute Gasteiger partial charge is 0.248 e. The average molecular weight is 508 g/mol. The van der Waals surface area contributed by atoms with Gasteiger partial charge < -0.3 is 10.6 Å². The summed E-state index contributed by atoms with van der Waals surface area (Å²) in [5.74, 6) is -0.474. The van der Waals surface area contributed by atoms with Crippen molar-refractivity contribution in [1.82, 2.24) is 19.9 Å². The van der Waals surface area contributed by atoms with Crippen LogP contribution in [0.1, 0.15) is 38.5 Å². The lowest BCUT2D eigenvalue weighted by molar-refractivity contribution is -0.131. The number of hydrogen-bond acceptors (Lipinski definition) is 7. The summed E-state index contributed by atoms with van der Waals surface area (Å²) in [6.07, 6.45) is 5.46. The van der Waals surface area contributed by atoms with Crippen molar-refractivity contribution >= 4 is 38.3 Å². The number of nitrogens with one attached hydrogen (secondary N) is 3. The zero-order chi connectivity index (χ0) is 24.6. The molecule has 0 saturated carbocycles. The second kappa shape index (κ2) is 12.4. The molecule has 2 amide bonds. The van der Waals surface area contributed by atoms with Gasteiger partial charge in [0.2, 0.25) is 21.8 Å². The number of carbonyl (C=O) groups is 2. The maximum absolute atomic E-state index is 13.1. The molecule has 0 aliphatic carbocycles. The summed E-state index contributed by atoms with van der Waals surface area (Å²) >= 11 is 1.33. The highest BCUT2D eigenvalue weighted by atomic mass is 32.2. The summed E-state index contributed by atoms with van der Waals surface area (Å²) in [7, 11) is -1.33. The standard InChI is InChI=1S/C23H33N5O4S2/c1-28-15-9-7-13-20(28)22(30)25-18(12-6-8-14-24-34(2,31)32)21(29)27-23-26-19(16-33-23)17-10-4-3-5-11-17/h3-5,10-11,16,18,20,24H,6-9,12-15H2,1-2H3,(H,25,30)(H,26,27,29)/t18-,20?/m0/s1. The zero-order valence-electron chi connectivity index (χ0n) is 19.6. The molecule has 0 spiro atoms. The molecule has 2 atom stereocenters. The first-order valence-electron chi connectivity index (χ1n) is 11.5. The number of hydrogen-bond donors (Lipinski definition) is 3. The van der Waals surface area contributed by atoms with E-state index in [2.05, 4.69) is 20.3 Å². The fourth-order valence-corrected chi connectivity index (χ4v) is 5.18. The van der Waals surface area contributed by atoms with Crippen LogP contribution in [-0.4, -0.2) is 68.6 Å². The lowest BCUT2D eigenvalue weighted by Crippen LogP contribution is -2.53. The number of rotatable bonds is 11. The minimum Gasteiger partial charge on any atom is -0.343 e. The molecule has 186 valence electrons. The summed E-state index contributed by atoms with van der Waals surface area (Å²) in [4.78, 5) is 32.6. The molecule has 3 rings (SSSR count). The van der Waals surface area contributed by atoms with Crippen molar-refractivity contribution in [3.63, 3.8) is 0 Å². The number of carbonyl (C=O) groups excluding carboxylic acids is 2. The van der Waals surface area contributed by atoms with Crippen molar-refractivity contribution in [1.29, 1.82) is 0 Å². The van der Waals surface area contributed by atoms with Crippen LogP contribution in [0.5, 0.6) is 0 Å². The maximum atomic E-state index is 13.1. The fourth-order valence-electron chi connectivity index (χ4n) is 3.94. The van der Waals surface area contributed by atoms with E-state index in [0.717, 1.165) is 43.3 Å². The molecule has 1 unspecified atom stereocenters. The molecule has 1 aliphatic rings. The van der Waals surface area contributed by atoms with Gasteiger partial charge in [-0.05, 0) is 45.7 Å². The van der Waals surface area contributed by atoms with E-state index >= 15 is 0 Å². The van der Waals surface area contributed by atoms with Crippen molar-refractivity contribution in [3.05, 3.63) is 35.7 Å². The number of likely N-dealkylation sites (tertiary alicyclic amines) is 1. The molecule has 1 fully saturated rings. The van der Waals surface area contributed by atoms with E-state index in [-0.39, 0.29) is 17.9 Å². The van der Waals surface area contributed by atoms with Gasteiger partial charge in [0.15, 0.2) is 5.13 Å². The molecule has 3 N–H and O–H groups in total. The molecule has 9 nitrogen and oxygen atoms in total. The molecule has 1 aromatic carbocycles. The Morgan fingerprint density at radius 3 is 2.68 bits per heavy atom. The first-order valence-corrected chi connectivity index (χ1v) is 14.3. The van der Waals surface area contributed by atoms with Crippen LogP contribution in [-0.2, 0) is 19.6 Å². The second-order valence-electron chi connectivity index (χ2n) is 8.61. The van der Waals surface area contributed by atoms with Crippen LogP contribution in [0, 0.1) is 0 Å². The predicted octanol–water partition coefficient (Wildman–Crippen LogP) is 2.44. The molecule has 1 aromatic heterocycles. The number of piperidine rings is 1. The molecule has 34 heavy (non-hydrogen) atoms. The molecular weight excluding hydrogens is 474 g/mol. The van der Waals surface area contributed by atoms with Gasteiger partial charge in [-0.3, -0.25) is 14.5 Å². The summed E-state index contributed by atoms with van der Waals surface area (Å²) in [6, 6.07) is 8.72. The minimum absolute atomic E-state index is 0.152. The quantitative estimate of drug-likeness (QED) is 0.402. The Morgan fingerprint density at radius 2 is 1.97 bits per heavy atom. The lowest BCUT2D eigenvalue weighted by Gasteiger charge is -2.32. The Hall–Kier alpha value is -2.34. The third kappa shape index (κ3) is 8.15. The Morgan fingerprint density at radius 1 is 1.21 bits per heavy atom. The highest BCUT2D eigenvalue weighted by molar-refractivity contribution is 7.88. The number of unbranched alkanes of at least 4 members (excludes halogenated alkanes) is 1. The van der Waals surface area contributed by atoms with Crippen molar-refractivity contribution in [2.45, 2.75) is 50.6 Å². The highest BCUT2D eigenvalue weighted by Gasteiger charge is 2.29. The predicted molar refractivity (Wildman–Crippen MR) is 135 cm³/mol. The zero-order valence-corrected chi connectivity index (χ0v) is 21.3. The van der Waals surface area contributed by atoms with Gasteiger partial charge in [-0.25, -0.2) is 18.1 Å². The highest BCUT2D eigenvalue weighted by Crippen LogP contribution is 2.25. The normalized spacial score (nSPS) is 17.8. The van der Waals surface area contributed by atoms with E-state index < -0.39 is 16.1 Å². The van der Waals surface area contributed by atoms with Crippen LogP contribution < -0.4 is 15.4 Å². The number of amides is 2. The number of nitrogens with zero attached hydrogens (tertiary/aromatic N) is 2. The summed E-state index contributed by atoms with van der Waals surface area (Å²) in [5.41, 5.74) is 1.74. The van der Waals surface area contributed by atoms with Gasteiger partial charge in [0.05, 0.1) is 18.0 Å². The Bertz CT molecular complexity index is 1060. The first-order chi connectivity index (χ1) is 16.2. The van der Waals surface area contributed by atoms with Gasteiger partial charge in [-0.15, -0.1) is 11.3 Å². The molecule has 0 radical (unpaired) electrons. The number of thiazole rings is 1. The third-order valence-electron chi connectivity index (χ3n) is 5.79. The van der Waals surface area contributed by atoms with Crippen molar-refractivity contribution < 1.29 is 18.0 Å². The molecule has 0 bridgehead atoms. The van der Waals surface area contributed by atoms with Gasteiger partial charge in [-0.2, -0.15) is 0 Å². The minimum atomic E-state index is -3.25. The van der Waals surface area contributed by atoms with Gasteiger partial charge >= 0.3 is 0 Å². The SMILES string of the molecule is CN1CCCCC1C(=O)N[C@@H](CCCCNS(C)(=O)=O)C(=O)Nc1nc(-c2ccccc2)cs1. The second-order valence-corrected chi connectivity index (χ2v) is 11.3. The number of benzene rings is 1. The van der Waals surface area contributed by atoms with E-state index in [1.807, 2.05) is 47.7 Å². The van der Waals surface area contributed by atoms with Crippen LogP contribution in [0.25, 0.3) is 11.3 Å². The van der Waals surface area contributed by atoms with Crippen LogP contribution in [0.2, 0.25) is 0 Å². The van der Waals surface area contributed by atoms with Crippen molar-refractivity contribution in [2.24, 2.45) is 0 Å². The van der Waals surface area contributed by atoms with Crippen molar-refractivity contribution in [2.75, 3.05) is 31.7 Å². The van der Waals surface area contributed by atoms with Gasteiger partial charge in [-0.1, -0.05) is 36.8 Å².